The van der Waals surface area contributed by atoms with Crippen molar-refractivity contribution >= 4 is 15.8 Å². The molecule has 0 aliphatic rings. The molecule has 0 radical (unpaired) electrons. The number of anilines is 1. The smallest absolute Gasteiger partial charge is 0.240 e. The summed E-state index contributed by atoms with van der Waals surface area (Å²) < 4.78 is 31.7. The first kappa shape index (κ1) is 16.7. The first-order valence-electron chi connectivity index (χ1n) is 6.79. The fourth-order valence-electron chi connectivity index (χ4n) is 1.84. The van der Waals surface area contributed by atoms with Gasteiger partial charge in [0.05, 0.1) is 17.6 Å². The van der Waals surface area contributed by atoms with Crippen LogP contribution in [0.3, 0.4) is 0 Å². The molecule has 0 saturated heterocycles. The number of nitriles is 1. The minimum atomic E-state index is -3.59. The summed E-state index contributed by atoms with van der Waals surface area (Å²) >= 11 is 0. The van der Waals surface area contributed by atoms with Crippen LogP contribution in [0.15, 0.2) is 47.5 Å². The summed E-state index contributed by atoms with van der Waals surface area (Å²) in [7, 11) is -2.07. The highest BCUT2D eigenvalue weighted by Gasteiger charge is 2.13. The molecule has 0 fully saturated rings. The number of nitrogens with one attached hydrogen (secondary N) is 2. The standard InChI is InChI=1S/C15H16N4O3S/c1-22-13-4-6-14(7-5-13)23(20,21)19-10-9-18-15-12(11-16)3-2-8-17-15/h2-8,19H,9-10H2,1H3,(H,17,18). The number of methoxy groups -OCH3 is 1. The predicted octanol–water partition coefficient (Wildman–Crippen LogP) is 1.35. The quantitative estimate of drug-likeness (QED) is 0.742. The molecule has 0 atom stereocenters. The van der Waals surface area contributed by atoms with Gasteiger partial charge in [0, 0.05) is 19.3 Å². The fraction of sp³-hybridized carbons (Fsp3) is 0.200. The van der Waals surface area contributed by atoms with Gasteiger partial charge in [0.2, 0.25) is 10.0 Å². The van der Waals surface area contributed by atoms with E-state index < -0.39 is 10.0 Å². The van der Waals surface area contributed by atoms with Gasteiger partial charge in [-0.2, -0.15) is 5.26 Å². The van der Waals surface area contributed by atoms with Crippen LogP contribution >= 0.6 is 0 Å². The zero-order chi connectivity index (χ0) is 16.7. The normalized spacial score (nSPS) is 10.8. The summed E-state index contributed by atoms with van der Waals surface area (Å²) in [6.45, 7) is 0.469. The number of ether oxygens (including phenoxy) is 1. The van der Waals surface area contributed by atoms with Crippen LogP contribution in [0.4, 0.5) is 5.82 Å². The lowest BCUT2D eigenvalue weighted by Crippen LogP contribution is -2.29. The SMILES string of the molecule is COc1ccc(S(=O)(=O)NCCNc2ncccc2C#N)cc1. The lowest BCUT2D eigenvalue weighted by Gasteiger charge is -2.09. The molecule has 1 heterocycles. The van der Waals surface area contributed by atoms with Crippen molar-refractivity contribution < 1.29 is 13.2 Å². The number of benzene rings is 1. The molecule has 120 valence electrons. The Morgan fingerprint density at radius 2 is 1.96 bits per heavy atom. The molecule has 0 spiro atoms. The van der Waals surface area contributed by atoms with Gasteiger partial charge in [0.25, 0.3) is 0 Å². The van der Waals surface area contributed by atoms with Gasteiger partial charge in [-0.05, 0) is 36.4 Å². The Labute approximate surface area is 135 Å². The van der Waals surface area contributed by atoms with E-state index in [1.54, 1.807) is 30.5 Å². The van der Waals surface area contributed by atoms with Crippen molar-refractivity contribution in [3.63, 3.8) is 0 Å². The molecule has 2 rings (SSSR count). The Morgan fingerprint density at radius 1 is 1.22 bits per heavy atom. The Hall–Kier alpha value is -2.63. The third-order valence-electron chi connectivity index (χ3n) is 3.01. The van der Waals surface area contributed by atoms with Crippen molar-refractivity contribution in [2.75, 3.05) is 25.5 Å². The fourth-order valence-corrected chi connectivity index (χ4v) is 2.87. The lowest BCUT2D eigenvalue weighted by molar-refractivity contribution is 0.414. The van der Waals surface area contributed by atoms with Gasteiger partial charge in [-0.25, -0.2) is 18.1 Å². The van der Waals surface area contributed by atoms with Gasteiger partial charge < -0.3 is 10.1 Å². The Balaban J connectivity index is 1.91. The number of pyridine rings is 1. The first-order valence-corrected chi connectivity index (χ1v) is 8.28. The molecule has 1 aromatic carbocycles. The topological polar surface area (TPSA) is 104 Å². The monoisotopic (exact) mass is 332 g/mol. The molecule has 23 heavy (non-hydrogen) atoms. The number of rotatable bonds is 7. The maximum Gasteiger partial charge on any atom is 0.240 e. The molecule has 0 bridgehead atoms. The second kappa shape index (κ2) is 7.58. The van der Waals surface area contributed by atoms with Gasteiger partial charge in [0.15, 0.2) is 0 Å². The van der Waals surface area contributed by atoms with Crippen molar-refractivity contribution in [1.29, 1.82) is 5.26 Å². The molecular weight excluding hydrogens is 316 g/mol. The van der Waals surface area contributed by atoms with E-state index in [0.717, 1.165) is 0 Å². The highest BCUT2D eigenvalue weighted by atomic mass is 32.2. The third kappa shape index (κ3) is 4.42. The van der Waals surface area contributed by atoms with Crippen LogP contribution in [0.5, 0.6) is 5.75 Å². The van der Waals surface area contributed by atoms with Crippen molar-refractivity contribution in [2.45, 2.75) is 4.90 Å². The average Bonchev–Trinajstić information content (AvgIpc) is 2.59. The van der Waals surface area contributed by atoms with Gasteiger partial charge in [-0.15, -0.1) is 0 Å². The molecule has 2 N–H and O–H groups in total. The summed E-state index contributed by atoms with van der Waals surface area (Å²) in [5.41, 5.74) is 0.408. The molecule has 8 heteroatoms. The van der Waals surface area contributed by atoms with Crippen LogP contribution in [-0.2, 0) is 10.0 Å². The molecule has 2 aromatic rings. The highest BCUT2D eigenvalue weighted by molar-refractivity contribution is 7.89. The largest absolute Gasteiger partial charge is 0.497 e. The van der Waals surface area contributed by atoms with Crippen LogP contribution in [-0.4, -0.2) is 33.6 Å². The first-order chi connectivity index (χ1) is 11.1. The van der Waals surface area contributed by atoms with E-state index >= 15 is 0 Å². The minimum Gasteiger partial charge on any atom is -0.497 e. The van der Waals surface area contributed by atoms with Gasteiger partial charge in [-0.3, -0.25) is 0 Å². The predicted molar refractivity (Wildman–Crippen MR) is 85.6 cm³/mol. The van der Waals surface area contributed by atoms with Crippen LogP contribution in [0, 0.1) is 11.3 Å². The van der Waals surface area contributed by atoms with E-state index in [4.69, 9.17) is 10.00 Å². The summed E-state index contributed by atoms with van der Waals surface area (Å²) in [5.74, 6) is 1.02. The zero-order valence-corrected chi connectivity index (χ0v) is 13.3. The number of hydrogen-bond acceptors (Lipinski definition) is 6. The van der Waals surface area contributed by atoms with Crippen LogP contribution < -0.4 is 14.8 Å². The number of sulfonamides is 1. The average molecular weight is 332 g/mol. The van der Waals surface area contributed by atoms with Crippen LogP contribution in [0.2, 0.25) is 0 Å². The van der Waals surface area contributed by atoms with E-state index in [0.29, 0.717) is 23.7 Å². The summed E-state index contributed by atoms with van der Waals surface area (Å²) in [4.78, 5) is 4.20. The van der Waals surface area contributed by atoms with Gasteiger partial charge >= 0.3 is 0 Å². The van der Waals surface area contributed by atoms with Crippen molar-refractivity contribution in [1.82, 2.24) is 9.71 Å². The Bertz CT molecular complexity index is 798. The van der Waals surface area contributed by atoms with Crippen LogP contribution in [0.25, 0.3) is 0 Å². The van der Waals surface area contributed by atoms with E-state index in [1.807, 2.05) is 6.07 Å². The molecular formula is C15H16N4O3S. The van der Waals surface area contributed by atoms with E-state index in [-0.39, 0.29) is 11.4 Å². The third-order valence-corrected chi connectivity index (χ3v) is 4.48. The summed E-state index contributed by atoms with van der Waals surface area (Å²) in [5, 5.41) is 11.9. The van der Waals surface area contributed by atoms with Crippen molar-refractivity contribution in [2.24, 2.45) is 0 Å². The van der Waals surface area contributed by atoms with E-state index in [1.165, 1.54) is 19.2 Å². The second-order valence-electron chi connectivity index (χ2n) is 4.51. The number of hydrogen-bond donors (Lipinski definition) is 2. The Kier molecular flexibility index (Phi) is 5.51. The zero-order valence-electron chi connectivity index (χ0n) is 12.5. The molecule has 0 amide bonds. The Morgan fingerprint density at radius 3 is 2.61 bits per heavy atom. The molecule has 1 aromatic heterocycles. The van der Waals surface area contributed by atoms with Gasteiger partial charge in [0.1, 0.15) is 17.6 Å². The molecule has 0 aliphatic heterocycles. The molecule has 0 saturated carbocycles. The number of aromatic nitrogens is 1. The van der Waals surface area contributed by atoms with E-state index in [2.05, 4.69) is 15.0 Å². The van der Waals surface area contributed by atoms with Crippen molar-refractivity contribution in [3.8, 4) is 11.8 Å². The van der Waals surface area contributed by atoms with Crippen LogP contribution in [0.1, 0.15) is 5.56 Å². The minimum absolute atomic E-state index is 0.161. The molecule has 7 nitrogen and oxygen atoms in total. The van der Waals surface area contributed by atoms with Gasteiger partial charge in [-0.1, -0.05) is 0 Å². The summed E-state index contributed by atoms with van der Waals surface area (Å²) in [6, 6.07) is 11.4. The van der Waals surface area contributed by atoms with Crippen molar-refractivity contribution in [3.05, 3.63) is 48.2 Å². The second-order valence-corrected chi connectivity index (χ2v) is 6.28. The molecule has 0 aliphatic carbocycles. The lowest BCUT2D eigenvalue weighted by atomic mass is 10.3. The number of nitrogens with zero attached hydrogens (tertiary/aromatic N) is 2. The molecule has 0 unspecified atom stereocenters. The maximum atomic E-state index is 12.1. The maximum absolute atomic E-state index is 12.1. The summed E-state index contributed by atoms with van der Waals surface area (Å²) in [6.07, 6.45) is 1.56. The van der Waals surface area contributed by atoms with E-state index in [9.17, 15) is 8.42 Å². The highest BCUT2D eigenvalue weighted by Crippen LogP contribution is 2.15.